The van der Waals surface area contributed by atoms with Crippen LogP contribution in [0.1, 0.15) is 10.4 Å². The van der Waals surface area contributed by atoms with Crippen molar-refractivity contribution in [2.24, 2.45) is 0 Å². The van der Waals surface area contributed by atoms with Gasteiger partial charge in [-0.05, 0) is 24.3 Å². The molecule has 0 unspecified atom stereocenters. The maximum Gasteiger partial charge on any atom is 0.337 e. The lowest BCUT2D eigenvalue weighted by atomic mass is 10.2. The Labute approximate surface area is 113 Å². The van der Waals surface area contributed by atoms with Crippen LogP contribution in [0.3, 0.4) is 0 Å². The summed E-state index contributed by atoms with van der Waals surface area (Å²) in [5, 5.41) is 0. The molecule has 0 aliphatic heterocycles. The number of nitrogens with one attached hydrogen (secondary N) is 1. The highest BCUT2D eigenvalue weighted by atomic mass is 16.5. The summed E-state index contributed by atoms with van der Waals surface area (Å²) in [4.78, 5) is 26.3. The molecule has 1 aromatic carbocycles. The van der Waals surface area contributed by atoms with Gasteiger partial charge in [-0.25, -0.2) is 14.8 Å². The molecule has 0 aliphatic rings. The van der Waals surface area contributed by atoms with Crippen molar-refractivity contribution in [1.82, 2.24) is 19.9 Å². The average molecular weight is 270 g/mol. The second-order valence-electron chi connectivity index (χ2n) is 3.90. The van der Waals surface area contributed by atoms with Gasteiger partial charge in [-0.1, -0.05) is 0 Å². The molecule has 0 aliphatic carbocycles. The van der Waals surface area contributed by atoms with Gasteiger partial charge in [-0.3, -0.25) is 0 Å². The third-order valence-electron chi connectivity index (χ3n) is 2.68. The molecule has 20 heavy (non-hydrogen) atoms. The lowest BCUT2D eigenvalue weighted by Gasteiger charge is -2.05. The van der Waals surface area contributed by atoms with E-state index in [1.54, 1.807) is 24.3 Å². The smallest absolute Gasteiger partial charge is 0.337 e. The van der Waals surface area contributed by atoms with Crippen molar-refractivity contribution in [3.63, 3.8) is 0 Å². The number of rotatable bonds is 3. The number of benzene rings is 1. The van der Waals surface area contributed by atoms with Gasteiger partial charge in [0.05, 0.1) is 19.0 Å². The van der Waals surface area contributed by atoms with Gasteiger partial charge in [-0.15, -0.1) is 0 Å². The number of fused-ring (bicyclic) bond motifs is 1. The number of esters is 1. The number of ether oxygens (including phenoxy) is 2. The Balaban J connectivity index is 1.88. The number of carbonyl (C=O) groups is 1. The van der Waals surface area contributed by atoms with Gasteiger partial charge in [0.15, 0.2) is 5.65 Å². The number of hydrogen-bond acceptors (Lipinski definition) is 6. The third kappa shape index (κ3) is 2.16. The summed E-state index contributed by atoms with van der Waals surface area (Å²) in [6.07, 6.45) is 2.90. The number of imidazole rings is 1. The standard InChI is InChI=1S/C13H10N4O3/c1-19-13(18)8-2-4-9(5-3-8)20-12-10-11(15-6-14-10)16-7-17-12/h2-7H,1H3,(H,14,15,16,17). The summed E-state index contributed by atoms with van der Waals surface area (Å²) in [7, 11) is 1.34. The van der Waals surface area contributed by atoms with Crippen LogP contribution in [-0.2, 0) is 4.74 Å². The molecule has 0 atom stereocenters. The van der Waals surface area contributed by atoms with Crippen LogP contribution in [0.5, 0.6) is 11.6 Å². The molecule has 0 spiro atoms. The number of methoxy groups -OCH3 is 1. The molecule has 0 saturated heterocycles. The van der Waals surface area contributed by atoms with E-state index in [9.17, 15) is 4.79 Å². The second-order valence-corrected chi connectivity index (χ2v) is 3.90. The van der Waals surface area contributed by atoms with E-state index < -0.39 is 5.97 Å². The van der Waals surface area contributed by atoms with E-state index in [1.807, 2.05) is 0 Å². The van der Waals surface area contributed by atoms with Crippen molar-refractivity contribution in [3.05, 3.63) is 42.5 Å². The van der Waals surface area contributed by atoms with Crippen LogP contribution in [0.15, 0.2) is 36.9 Å². The van der Waals surface area contributed by atoms with E-state index in [1.165, 1.54) is 19.8 Å². The van der Waals surface area contributed by atoms with Gasteiger partial charge >= 0.3 is 5.97 Å². The van der Waals surface area contributed by atoms with Crippen molar-refractivity contribution in [3.8, 4) is 11.6 Å². The largest absolute Gasteiger partial charge is 0.465 e. The molecular weight excluding hydrogens is 260 g/mol. The third-order valence-corrected chi connectivity index (χ3v) is 2.68. The number of carbonyl (C=O) groups excluding carboxylic acids is 1. The summed E-state index contributed by atoms with van der Waals surface area (Å²) in [6.45, 7) is 0. The maximum atomic E-state index is 11.3. The van der Waals surface area contributed by atoms with Crippen LogP contribution in [0.2, 0.25) is 0 Å². The van der Waals surface area contributed by atoms with Crippen molar-refractivity contribution >= 4 is 17.1 Å². The number of H-pyrrole nitrogens is 1. The van der Waals surface area contributed by atoms with Crippen molar-refractivity contribution < 1.29 is 14.3 Å². The Kier molecular flexibility index (Phi) is 3.00. The van der Waals surface area contributed by atoms with Crippen molar-refractivity contribution in [2.45, 2.75) is 0 Å². The summed E-state index contributed by atoms with van der Waals surface area (Å²) in [5.74, 6) is 0.528. The van der Waals surface area contributed by atoms with Gasteiger partial charge in [0.25, 0.3) is 0 Å². The predicted octanol–water partition coefficient (Wildman–Crippen LogP) is 1.93. The van der Waals surface area contributed by atoms with Crippen LogP contribution in [0, 0.1) is 0 Å². The van der Waals surface area contributed by atoms with E-state index in [-0.39, 0.29) is 0 Å². The van der Waals surface area contributed by atoms with Gasteiger partial charge < -0.3 is 14.5 Å². The van der Waals surface area contributed by atoms with Gasteiger partial charge in [-0.2, -0.15) is 4.98 Å². The first-order chi connectivity index (χ1) is 9.78. The van der Waals surface area contributed by atoms with E-state index in [0.29, 0.717) is 28.4 Å². The molecular formula is C13H10N4O3. The zero-order chi connectivity index (χ0) is 13.9. The van der Waals surface area contributed by atoms with Crippen LogP contribution < -0.4 is 4.74 Å². The highest BCUT2D eigenvalue weighted by Gasteiger charge is 2.09. The Morgan fingerprint density at radius 2 is 1.95 bits per heavy atom. The number of hydrogen-bond donors (Lipinski definition) is 1. The molecule has 7 heteroatoms. The first kappa shape index (κ1) is 12.1. The number of aromatic amines is 1. The molecule has 0 radical (unpaired) electrons. The summed E-state index contributed by atoms with van der Waals surface area (Å²) >= 11 is 0. The monoisotopic (exact) mass is 270 g/mol. The SMILES string of the molecule is COC(=O)c1ccc(Oc2ncnc3nc[nH]c23)cc1. The van der Waals surface area contributed by atoms with E-state index >= 15 is 0 Å². The van der Waals surface area contributed by atoms with Gasteiger partial charge in [0, 0.05) is 0 Å². The summed E-state index contributed by atoms with van der Waals surface area (Å²) in [5.41, 5.74) is 1.60. The molecule has 0 fully saturated rings. The number of nitrogens with zero attached hydrogens (tertiary/aromatic N) is 3. The molecule has 1 N–H and O–H groups in total. The molecule has 2 heterocycles. The summed E-state index contributed by atoms with van der Waals surface area (Å²) < 4.78 is 10.3. The Hall–Kier alpha value is -2.96. The minimum Gasteiger partial charge on any atom is -0.465 e. The molecule has 7 nitrogen and oxygen atoms in total. The van der Waals surface area contributed by atoms with E-state index in [4.69, 9.17) is 4.74 Å². The fourth-order valence-electron chi connectivity index (χ4n) is 1.71. The normalized spacial score (nSPS) is 10.4. The fraction of sp³-hybridized carbons (Fsp3) is 0.0769. The molecule has 100 valence electrons. The van der Waals surface area contributed by atoms with Crippen LogP contribution >= 0.6 is 0 Å². The van der Waals surface area contributed by atoms with E-state index in [0.717, 1.165) is 0 Å². The minimum absolute atomic E-state index is 0.373. The minimum atomic E-state index is -0.394. The summed E-state index contributed by atoms with van der Waals surface area (Å²) in [6, 6.07) is 6.56. The van der Waals surface area contributed by atoms with Crippen LogP contribution in [0.4, 0.5) is 0 Å². The molecule has 0 bridgehead atoms. The molecule has 3 rings (SSSR count). The fourth-order valence-corrected chi connectivity index (χ4v) is 1.71. The Morgan fingerprint density at radius 1 is 1.15 bits per heavy atom. The first-order valence-electron chi connectivity index (χ1n) is 5.78. The zero-order valence-corrected chi connectivity index (χ0v) is 10.5. The molecule has 2 aromatic heterocycles. The van der Waals surface area contributed by atoms with Crippen molar-refractivity contribution in [2.75, 3.05) is 7.11 Å². The van der Waals surface area contributed by atoms with Crippen LogP contribution in [-0.4, -0.2) is 33.0 Å². The van der Waals surface area contributed by atoms with Gasteiger partial charge in [0.1, 0.15) is 17.6 Å². The van der Waals surface area contributed by atoms with Gasteiger partial charge in [0.2, 0.25) is 5.88 Å². The quantitative estimate of drug-likeness (QED) is 0.731. The predicted molar refractivity (Wildman–Crippen MR) is 69.5 cm³/mol. The Bertz CT molecular complexity index is 752. The lowest BCUT2D eigenvalue weighted by Crippen LogP contribution is -2.00. The van der Waals surface area contributed by atoms with Crippen molar-refractivity contribution in [1.29, 1.82) is 0 Å². The zero-order valence-electron chi connectivity index (χ0n) is 10.5. The molecule has 3 aromatic rings. The first-order valence-corrected chi connectivity index (χ1v) is 5.78. The molecule has 0 saturated carbocycles. The maximum absolute atomic E-state index is 11.3. The highest BCUT2D eigenvalue weighted by molar-refractivity contribution is 5.89. The Morgan fingerprint density at radius 3 is 2.70 bits per heavy atom. The molecule has 0 amide bonds. The topological polar surface area (TPSA) is 90.0 Å². The highest BCUT2D eigenvalue weighted by Crippen LogP contribution is 2.24. The van der Waals surface area contributed by atoms with Crippen LogP contribution in [0.25, 0.3) is 11.2 Å². The van der Waals surface area contributed by atoms with E-state index in [2.05, 4.69) is 24.7 Å². The number of aromatic nitrogens is 4. The second kappa shape index (κ2) is 4.96. The lowest BCUT2D eigenvalue weighted by molar-refractivity contribution is 0.0600. The average Bonchev–Trinajstić information content (AvgIpc) is 2.97.